The van der Waals surface area contributed by atoms with Gasteiger partial charge in [0.25, 0.3) is 5.82 Å². The summed E-state index contributed by atoms with van der Waals surface area (Å²) in [6, 6.07) is 19.6. The van der Waals surface area contributed by atoms with Crippen LogP contribution in [0.25, 0.3) is 10.9 Å². The van der Waals surface area contributed by atoms with Crippen LogP contribution >= 0.6 is 0 Å². The molecule has 1 aliphatic heterocycles. The summed E-state index contributed by atoms with van der Waals surface area (Å²) in [5.41, 5.74) is 2.22. The van der Waals surface area contributed by atoms with Crippen molar-refractivity contribution in [3.05, 3.63) is 66.2 Å². The average molecular weight is 411 g/mol. The van der Waals surface area contributed by atoms with Gasteiger partial charge in [0.2, 0.25) is 10.0 Å². The molecule has 1 aromatic heterocycles. The number of pyridine rings is 1. The van der Waals surface area contributed by atoms with Gasteiger partial charge in [-0.05, 0) is 35.2 Å². The van der Waals surface area contributed by atoms with E-state index in [0.29, 0.717) is 31.1 Å². The predicted octanol–water partition coefficient (Wildman–Crippen LogP) is 3.46. The molecule has 29 heavy (non-hydrogen) atoms. The summed E-state index contributed by atoms with van der Waals surface area (Å²) in [6.07, 6.45) is 0. The van der Waals surface area contributed by atoms with Gasteiger partial charge >= 0.3 is 0 Å². The number of fused-ring (bicyclic) bond motifs is 1. The number of nitrogens with zero attached hydrogens (tertiary/aromatic N) is 2. The molecule has 6 heteroatoms. The molecule has 0 saturated carbocycles. The second-order valence-electron chi connectivity index (χ2n) is 8.60. The van der Waals surface area contributed by atoms with Gasteiger partial charge in [0, 0.05) is 11.5 Å². The lowest BCUT2D eigenvalue weighted by atomic mass is 9.87. The van der Waals surface area contributed by atoms with Crippen LogP contribution in [0.4, 0.5) is 5.82 Å². The average Bonchev–Trinajstić information content (AvgIpc) is 2.73. The third-order valence-corrected chi connectivity index (χ3v) is 7.49. The third kappa shape index (κ3) is 4.00. The monoisotopic (exact) mass is 410 g/mol. The van der Waals surface area contributed by atoms with Crippen LogP contribution in [0.5, 0.6) is 0 Å². The summed E-state index contributed by atoms with van der Waals surface area (Å²) in [5, 5.41) is 1.16. The largest absolute Gasteiger partial charge is 0.274 e. The Bertz CT molecular complexity index is 1110. The Labute approximate surface area is 173 Å². The van der Waals surface area contributed by atoms with Crippen molar-refractivity contribution < 1.29 is 13.4 Å². The van der Waals surface area contributed by atoms with Crippen LogP contribution in [-0.2, 0) is 15.4 Å². The molecular weight excluding hydrogens is 382 g/mol. The molecule has 5 nitrogen and oxygen atoms in total. The van der Waals surface area contributed by atoms with Crippen molar-refractivity contribution in [2.45, 2.75) is 31.1 Å². The van der Waals surface area contributed by atoms with E-state index < -0.39 is 10.0 Å². The third-order valence-electron chi connectivity index (χ3n) is 5.58. The highest BCUT2D eigenvalue weighted by molar-refractivity contribution is 7.89. The molecule has 0 spiro atoms. The molecule has 152 valence electrons. The van der Waals surface area contributed by atoms with E-state index in [4.69, 9.17) is 0 Å². The fourth-order valence-electron chi connectivity index (χ4n) is 3.73. The number of H-pyrrole nitrogens is 1. The molecule has 1 N–H and O–H groups in total. The fourth-order valence-corrected chi connectivity index (χ4v) is 5.16. The van der Waals surface area contributed by atoms with E-state index in [0.717, 1.165) is 22.3 Å². The normalized spacial score (nSPS) is 16.3. The fraction of sp³-hybridized carbons (Fsp3) is 0.348. The summed E-state index contributed by atoms with van der Waals surface area (Å²) in [7, 11) is -3.47. The van der Waals surface area contributed by atoms with Crippen molar-refractivity contribution >= 4 is 26.7 Å². The van der Waals surface area contributed by atoms with Crippen LogP contribution in [0, 0.1) is 0 Å². The number of para-hydroxylation sites is 1. The lowest BCUT2D eigenvalue weighted by molar-refractivity contribution is -0.330. The Kier molecular flexibility index (Phi) is 5.09. The number of anilines is 1. The Morgan fingerprint density at radius 3 is 2.14 bits per heavy atom. The van der Waals surface area contributed by atoms with Crippen molar-refractivity contribution in [1.82, 2.24) is 4.31 Å². The Morgan fingerprint density at radius 2 is 1.48 bits per heavy atom. The molecule has 0 unspecified atom stereocenters. The number of aromatic amines is 1. The topological polar surface area (TPSA) is 54.8 Å². The van der Waals surface area contributed by atoms with Gasteiger partial charge in [-0.15, -0.1) is 0 Å². The SMILES string of the molecule is CC(C)(C)c1ccc(S(=O)(=O)N2CCN(c3ccc4ccccc4[nH+]3)CC2)cc1. The minimum atomic E-state index is -3.47. The molecule has 0 atom stereocenters. The second kappa shape index (κ2) is 7.43. The summed E-state index contributed by atoms with van der Waals surface area (Å²) >= 11 is 0. The molecule has 1 fully saturated rings. The van der Waals surface area contributed by atoms with Crippen LogP contribution < -0.4 is 9.88 Å². The summed E-state index contributed by atoms with van der Waals surface area (Å²) in [6.45, 7) is 8.65. The highest BCUT2D eigenvalue weighted by atomic mass is 32.2. The molecule has 1 saturated heterocycles. The van der Waals surface area contributed by atoms with Gasteiger partial charge in [0.05, 0.1) is 31.1 Å². The molecule has 0 aliphatic carbocycles. The van der Waals surface area contributed by atoms with Gasteiger partial charge in [-0.1, -0.05) is 51.1 Å². The van der Waals surface area contributed by atoms with E-state index in [1.807, 2.05) is 24.3 Å². The molecule has 2 aromatic carbocycles. The van der Waals surface area contributed by atoms with Crippen molar-refractivity contribution in [3.63, 3.8) is 0 Å². The van der Waals surface area contributed by atoms with Crippen molar-refractivity contribution in [3.8, 4) is 0 Å². The summed E-state index contributed by atoms with van der Waals surface area (Å²) < 4.78 is 27.7. The van der Waals surface area contributed by atoms with Gasteiger partial charge in [-0.2, -0.15) is 4.31 Å². The smallest absolute Gasteiger partial charge is 0.259 e. The van der Waals surface area contributed by atoms with Crippen molar-refractivity contribution in [2.24, 2.45) is 0 Å². The summed E-state index contributed by atoms with van der Waals surface area (Å²) in [4.78, 5) is 6.04. The number of sulfonamides is 1. The number of hydrogen-bond acceptors (Lipinski definition) is 3. The molecule has 0 bridgehead atoms. The molecule has 1 aliphatic rings. The Morgan fingerprint density at radius 1 is 0.828 bits per heavy atom. The lowest BCUT2D eigenvalue weighted by Crippen LogP contribution is -2.49. The molecular formula is C23H28N3O2S+. The minimum Gasteiger partial charge on any atom is -0.259 e. The van der Waals surface area contributed by atoms with Crippen molar-refractivity contribution in [2.75, 3.05) is 31.1 Å². The number of benzene rings is 2. The van der Waals surface area contributed by atoms with Crippen molar-refractivity contribution in [1.29, 1.82) is 0 Å². The second-order valence-corrected chi connectivity index (χ2v) is 10.5. The van der Waals surface area contributed by atoms with Crippen LogP contribution in [-0.4, -0.2) is 38.9 Å². The van der Waals surface area contributed by atoms with E-state index >= 15 is 0 Å². The van der Waals surface area contributed by atoms with E-state index in [1.54, 1.807) is 16.4 Å². The number of piperazine rings is 1. The zero-order valence-electron chi connectivity index (χ0n) is 17.2. The predicted molar refractivity (Wildman–Crippen MR) is 117 cm³/mol. The van der Waals surface area contributed by atoms with Crippen LogP contribution in [0.1, 0.15) is 26.3 Å². The number of hydrogen-bond donors (Lipinski definition) is 0. The maximum atomic E-state index is 13.1. The first-order valence-corrected chi connectivity index (χ1v) is 11.5. The van der Waals surface area contributed by atoms with Gasteiger partial charge in [-0.3, -0.25) is 4.90 Å². The van der Waals surface area contributed by atoms with E-state index in [1.165, 1.54) is 0 Å². The highest BCUT2D eigenvalue weighted by Crippen LogP contribution is 2.25. The minimum absolute atomic E-state index is 0.00424. The molecule has 0 amide bonds. The van der Waals surface area contributed by atoms with E-state index in [9.17, 15) is 8.42 Å². The maximum Gasteiger partial charge on any atom is 0.274 e. The Hall–Kier alpha value is -2.44. The van der Waals surface area contributed by atoms with Gasteiger partial charge in [0.15, 0.2) is 0 Å². The molecule has 0 radical (unpaired) electrons. The zero-order valence-corrected chi connectivity index (χ0v) is 18.0. The van der Waals surface area contributed by atoms with E-state index in [2.05, 4.69) is 54.9 Å². The number of nitrogens with one attached hydrogen (secondary N) is 1. The van der Waals surface area contributed by atoms with Gasteiger partial charge in [-0.25, -0.2) is 13.4 Å². The first kappa shape index (κ1) is 19.9. The van der Waals surface area contributed by atoms with E-state index in [-0.39, 0.29) is 5.41 Å². The lowest BCUT2D eigenvalue weighted by Gasteiger charge is -2.30. The first-order chi connectivity index (χ1) is 13.7. The van der Waals surface area contributed by atoms with Gasteiger partial charge < -0.3 is 0 Å². The van der Waals surface area contributed by atoms with Crippen LogP contribution in [0.15, 0.2) is 65.6 Å². The van der Waals surface area contributed by atoms with Crippen LogP contribution in [0.2, 0.25) is 0 Å². The van der Waals surface area contributed by atoms with Gasteiger partial charge in [0.1, 0.15) is 5.52 Å². The summed E-state index contributed by atoms with van der Waals surface area (Å²) in [5.74, 6) is 1.02. The molecule has 4 rings (SSSR count). The standard InChI is InChI=1S/C23H27N3O2S/c1-23(2,3)19-9-11-20(12-10-19)29(27,28)26-16-14-25(15-17-26)22-13-8-18-6-4-5-7-21(18)24-22/h4-13H,14-17H2,1-3H3/p+1. The number of aromatic nitrogens is 1. The molecule has 3 aromatic rings. The molecule has 2 heterocycles. The first-order valence-electron chi connectivity index (χ1n) is 10.0. The zero-order chi connectivity index (χ0) is 20.6. The maximum absolute atomic E-state index is 13.1. The van der Waals surface area contributed by atoms with Crippen LogP contribution in [0.3, 0.4) is 0 Å². The Balaban J connectivity index is 1.48. The number of rotatable bonds is 3. The quantitative estimate of drug-likeness (QED) is 0.664. The highest BCUT2D eigenvalue weighted by Gasteiger charge is 2.32.